The van der Waals surface area contributed by atoms with Gasteiger partial charge in [0.05, 0.1) is 22.8 Å². The second kappa shape index (κ2) is 3.46. The SMILES string of the molecule is COc1c(Br)ccc(C#N)c1N. The van der Waals surface area contributed by atoms with Crippen LogP contribution in [0.5, 0.6) is 5.75 Å². The highest BCUT2D eigenvalue weighted by Gasteiger charge is 2.08. The van der Waals surface area contributed by atoms with Gasteiger partial charge in [0.15, 0.2) is 5.75 Å². The van der Waals surface area contributed by atoms with Crippen molar-refractivity contribution in [2.24, 2.45) is 0 Å². The van der Waals surface area contributed by atoms with Crippen LogP contribution >= 0.6 is 15.9 Å². The number of hydrogen-bond donors (Lipinski definition) is 1. The first-order chi connectivity index (χ1) is 5.70. The molecule has 0 amide bonds. The number of nitrogens with zero attached hydrogens (tertiary/aromatic N) is 1. The first-order valence-electron chi connectivity index (χ1n) is 3.22. The summed E-state index contributed by atoms with van der Waals surface area (Å²) < 4.78 is 5.75. The summed E-state index contributed by atoms with van der Waals surface area (Å²) in [5, 5.41) is 8.63. The Hall–Kier alpha value is -1.21. The smallest absolute Gasteiger partial charge is 0.157 e. The number of nitrogen functional groups attached to an aromatic ring is 1. The molecule has 0 heterocycles. The van der Waals surface area contributed by atoms with Crippen LogP contribution in [0, 0.1) is 11.3 Å². The topological polar surface area (TPSA) is 59.0 Å². The Labute approximate surface area is 78.9 Å². The van der Waals surface area contributed by atoms with Gasteiger partial charge in [-0.05, 0) is 28.1 Å². The summed E-state index contributed by atoms with van der Waals surface area (Å²) in [5.41, 5.74) is 6.42. The summed E-state index contributed by atoms with van der Waals surface area (Å²) in [4.78, 5) is 0. The molecule has 2 N–H and O–H groups in total. The third-order valence-corrected chi connectivity index (χ3v) is 2.10. The average molecular weight is 227 g/mol. The van der Waals surface area contributed by atoms with Crippen LogP contribution in [0.3, 0.4) is 0 Å². The lowest BCUT2D eigenvalue weighted by Crippen LogP contribution is -1.96. The fourth-order valence-electron chi connectivity index (χ4n) is 0.878. The third-order valence-electron chi connectivity index (χ3n) is 1.47. The largest absolute Gasteiger partial charge is 0.493 e. The van der Waals surface area contributed by atoms with Gasteiger partial charge in [-0.2, -0.15) is 5.26 Å². The molecule has 3 nitrogen and oxygen atoms in total. The van der Waals surface area contributed by atoms with Gasteiger partial charge in [0.2, 0.25) is 0 Å². The number of rotatable bonds is 1. The fourth-order valence-corrected chi connectivity index (χ4v) is 1.39. The van der Waals surface area contributed by atoms with Gasteiger partial charge in [-0.3, -0.25) is 0 Å². The van der Waals surface area contributed by atoms with Crippen molar-refractivity contribution in [2.75, 3.05) is 12.8 Å². The minimum Gasteiger partial charge on any atom is -0.493 e. The second-order valence-electron chi connectivity index (χ2n) is 2.15. The molecular formula is C8H7BrN2O. The van der Waals surface area contributed by atoms with Crippen molar-refractivity contribution in [3.8, 4) is 11.8 Å². The van der Waals surface area contributed by atoms with Gasteiger partial charge in [0.25, 0.3) is 0 Å². The Balaban J connectivity index is 3.36. The molecule has 0 saturated heterocycles. The van der Waals surface area contributed by atoms with Crippen LogP contribution < -0.4 is 10.5 Å². The van der Waals surface area contributed by atoms with E-state index in [-0.39, 0.29) is 0 Å². The molecule has 12 heavy (non-hydrogen) atoms. The van der Waals surface area contributed by atoms with Crippen molar-refractivity contribution in [3.63, 3.8) is 0 Å². The normalized spacial score (nSPS) is 9.08. The minimum atomic E-state index is 0.370. The Morgan fingerprint density at radius 3 is 2.75 bits per heavy atom. The Bertz CT molecular complexity index is 344. The molecule has 0 saturated carbocycles. The van der Waals surface area contributed by atoms with E-state index in [9.17, 15) is 0 Å². The summed E-state index contributed by atoms with van der Waals surface area (Å²) in [6.45, 7) is 0. The Kier molecular flexibility index (Phi) is 2.56. The second-order valence-corrected chi connectivity index (χ2v) is 3.01. The van der Waals surface area contributed by atoms with E-state index in [1.54, 1.807) is 12.1 Å². The van der Waals surface area contributed by atoms with Gasteiger partial charge in [-0.25, -0.2) is 0 Å². The maximum atomic E-state index is 8.63. The highest BCUT2D eigenvalue weighted by atomic mass is 79.9. The van der Waals surface area contributed by atoms with Crippen LogP contribution in [-0.4, -0.2) is 7.11 Å². The van der Waals surface area contributed by atoms with E-state index in [0.29, 0.717) is 17.0 Å². The van der Waals surface area contributed by atoms with E-state index in [2.05, 4.69) is 15.9 Å². The van der Waals surface area contributed by atoms with Crippen LogP contribution in [0.4, 0.5) is 5.69 Å². The first-order valence-corrected chi connectivity index (χ1v) is 4.02. The van der Waals surface area contributed by atoms with Crippen LogP contribution in [0.2, 0.25) is 0 Å². The van der Waals surface area contributed by atoms with Gasteiger partial charge in [-0.1, -0.05) is 0 Å². The van der Waals surface area contributed by atoms with Gasteiger partial charge >= 0.3 is 0 Å². The van der Waals surface area contributed by atoms with Gasteiger partial charge < -0.3 is 10.5 Å². The summed E-state index contributed by atoms with van der Waals surface area (Å²) in [6, 6.07) is 5.34. The maximum absolute atomic E-state index is 8.63. The van der Waals surface area contributed by atoms with Crippen molar-refractivity contribution < 1.29 is 4.74 Å². The molecule has 1 rings (SSSR count). The summed E-state index contributed by atoms with van der Waals surface area (Å²) in [5.74, 6) is 0.508. The van der Waals surface area contributed by atoms with E-state index in [1.807, 2.05) is 6.07 Å². The van der Waals surface area contributed by atoms with Crippen LogP contribution in [-0.2, 0) is 0 Å². The molecular weight excluding hydrogens is 220 g/mol. The van der Waals surface area contributed by atoms with Crippen molar-refractivity contribution in [1.29, 1.82) is 5.26 Å². The molecule has 0 aliphatic carbocycles. The number of nitriles is 1. The molecule has 0 aromatic heterocycles. The minimum absolute atomic E-state index is 0.370. The van der Waals surface area contributed by atoms with Crippen LogP contribution in [0.1, 0.15) is 5.56 Å². The molecule has 0 fully saturated rings. The van der Waals surface area contributed by atoms with Crippen molar-refractivity contribution in [2.45, 2.75) is 0 Å². The van der Waals surface area contributed by atoms with E-state index in [4.69, 9.17) is 15.7 Å². The lowest BCUT2D eigenvalue weighted by atomic mass is 10.2. The number of anilines is 1. The standard InChI is InChI=1S/C8H7BrN2O/c1-12-8-6(9)3-2-5(4-10)7(8)11/h2-3H,11H2,1H3. The molecule has 4 heteroatoms. The highest BCUT2D eigenvalue weighted by molar-refractivity contribution is 9.10. The predicted molar refractivity (Wildman–Crippen MR) is 49.8 cm³/mol. The zero-order chi connectivity index (χ0) is 9.14. The number of benzene rings is 1. The zero-order valence-corrected chi connectivity index (χ0v) is 8.05. The lowest BCUT2D eigenvalue weighted by molar-refractivity contribution is 0.414. The van der Waals surface area contributed by atoms with Crippen molar-refractivity contribution >= 4 is 21.6 Å². The van der Waals surface area contributed by atoms with Crippen LogP contribution in [0.15, 0.2) is 16.6 Å². The van der Waals surface area contributed by atoms with E-state index >= 15 is 0 Å². The van der Waals surface area contributed by atoms with Gasteiger partial charge in [-0.15, -0.1) is 0 Å². The molecule has 62 valence electrons. The number of nitrogens with two attached hydrogens (primary N) is 1. The lowest BCUT2D eigenvalue weighted by Gasteiger charge is -2.06. The molecule has 0 atom stereocenters. The molecule has 0 bridgehead atoms. The molecule has 1 aromatic rings. The number of hydrogen-bond acceptors (Lipinski definition) is 3. The molecule has 0 unspecified atom stereocenters. The fraction of sp³-hybridized carbons (Fsp3) is 0.125. The van der Waals surface area contributed by atoms with Crippen LogP contribution in [0.25, 0.3) is 0 Å². The zero-order valence-electron chi connectivity index (χ0n) is 6.47. The van der Waals surface area contributed by atoms with E-state index in [1.165, 1.54) is 7.11 Å². The molecule has 0 aliphatic heterocycles. The Morgan fingerprint density at radius 1 is 1.58 bits per heavy atom. The molecule has 0 spiro atoms. The van der Waals surface area contributed by atoms with E-state index < -0.39 is 0 Å². The molecule has 0 aliphatic rings. The maximum Gasteiger partial charge on any atom is 0.157 e. The third kappa shape index (κ3) is 1.36. The predicted octanol–water partition coefficient (Wildman–Crippen LogP) is 1.91. The number of ether oxygens (including phenoxy) is 1. The van der Waals surface area contributed by atoms with Gasteiger partial charge in [0.1, 0.15) is 6.07 Å². The quantitative estimate of drug-likeness (QED) is 0.745. The number of methoxy groups -OCH3 is 1. The average Bonchev–Trinajstić information content (AvgIpc) is 2.06. The van der Waals surface area contributed by atoms with Crippen molar-refractivity contribution in [3.05, 3.63) is 22.2 Å². The summed E-state index contributed by atoms with van der Waals surface area (Å²) in [6.07, 6.45) is 0. The highest BCUT2D eigenvalue weighted by Crippen LogP contribution is 2.33. The summed E-state index contributed by atoms with van der Waals surface area (Å²) >= 11 is 3.26. The Morgan fingerprint density at radius 2 is 2.25 bits per heavy atom. The van der Waals surface area contributed by atoms with Gasteiger partial charge in [0, 0.05) is 0 Å². The monoisotopic (exact) mass is 226 g/mol. The van der Waals surface area contributed by atoms with E-state index in [0.717, 1.165) is 4.47 Å². The number of halogens is 1. The summed E-state index contributed by atoms with van der Waals surface area (Å²) in [7, 11) is 1.51. The first kappa shape index (κ1) is 8.88. The molecule has 0 radical (unpaired) electrons. The van der Waals surface area contributed by atoms with Crippen molar-refractivity contribution in [1.82, 2.24) is 0 Å². The molecule has 1 aromatic carbocycles.